The van der Waals surface area contributed by atoms with Crippen LogP contribution >= 0.6 is 0 Å². The van der Waals surface area contributed by atoms with E-state index in [-0.39, 0.29) is 23.6 Å². The fraction of sp³-hybridized carbons (Fsp3) is 0.294. The summed E-state index contributed by atoms with van der Waals surface area (Å²) in [6.45, 7) is 1.15. The highest BCUT2D eigenvalue weighted by atomic mass is 16.3. The van der Waals surface area contributed by atoms with Gasteiger partial charge < -0.3 is 19.7 Å². The second kappa shape index (κ2) is 6.56. The number of benzene rings is 1. The second-order valence-electron chi connectivity index (χ2n) is 5.57. The van der Waals surface area contributed by atoms with Crippen LogP contribution in [-0.4, -0.2) is 41.0 Å². The lowest BCUT2D eigenvalue weighted by atomic mass is 10.0. The zero-order valence-corrected chi connectivity index (χ0v) is 12.6. The summed E-state index contributed by atoms with van der Waals surface area (Å²) in [7, 11) is 0. The smallest absolute Gasteiger partial charge is 0.289 e. The number of phenolic OH excluding ortho intramolecular Hbond substituents is 1. The summed E-state index contributed by atoms with van der Waals surface area (Å²) >= 11 is 0. The molecule has 2 aromatic rings. The molecule has 0 unspecified atom stereocenters. The maximum atomic E-state index is 12.2. The Balaban J connectivity index is 1.53. The van der Waals surface area contributed by atoms with E-state index < -0.39 is 0 Å². The van der Waals surface area contributed by atoms with Gasteiger partial charge in [-0.25, -0.2) is 0 Å². The number of nitrogens with one attached hydrogen (secondary N) is 1. The largest absolute Gasteiger partial charge is 0.508 e. The van der Waals surface area contributed by atoms with Crippen molar-refractivity contribution in [2.45, 2.75) is 18.9 Å². The van der Waals surface area contributed by atoms with Gasteiger partial charge in [-0.1, -0.05) is 6.07 Å². The number of carbonyl (C=O) groups excluding carboxylic acids is 2. The van der Waals surface area contributed by atoms with Gasteiger partial charge in [0.25, 0.3) is 11.8 Å². The first-order chi connectivity index (χ1) is 11.1. The number of hydrogen-bond acceptors (Lipinski definition) is 4. The van der Waals surface area contributed by atoms with Crippen molar-refractivity contribution in [1.82, 2.24) is 10.2 Å². The first-order valence-corrected chi connectivity index (χ1v) is 7.56. The lowest BCUT2D eigenvalue weighted by Crippen LogP contribution is -2.46. The van der Waals surface area contributed by atoms with Gasteiger partial charge in [-0.15, -0.1) is 0 Å². The molecule has 120 valence electrons. The van der Waals surface area contributed by atoms with E-state index in [0.717, 1.165) is 0 Å². The third kappa shape index (κ3) is 3.53. The maximum absolute atomic E-state index is 12.2. The van der Waals surface area contributed by atoms with E-state index in [1.165, 1.54) is 18.4 Å². The van der Waals surface area contributed by atoms with Gasteiger partial charge in [0.2, 0.25) is 0 Å². The Bertz CT molecular complexity index is 688. The standard InChI is InChI=1S/C17H18N2O4/c20-14-4-1-3-12(11-14)16(21)18-13-6-8-19(9-7-13)17(22)15-5-2-10-23-15/h1-5,10-11,13,20H,6-9H2,(H,18,21). The SMILES string of the molecule is O=C(NC1CCN(C(=O)c2ccco2)CC1)c1cccc(O)c1. The van der Waals surface area contributed by atoms with Crippen LogP contribution in [0.2, 0.25) is 0 Å². The predicted molar refractivity (Wildman–Crippen MR) is 83.2 cm³/mol. The number of nitrogens with zero attached hydrogens (tertiary/aromatic N) is 1. The van der Waals surface area contributed by atoms with Gasteiger partial charge in [-0.3, -0.25) is 9.59 Å². The van der Waals surface area contributed by atoms with E-state index in [2.05, 4.69) is 5.32 Å². The molecule has 1 aromatic heterocycles. The van der Waals surface area contributed by atoms with Crippen molar-refractivity contribution in [2.75, 3.05) is 13.1 Å². The fourth-order valence-electron chi connectivity index (χ4n) is 2.70. The quantitative estimate of drug-likeness (QED) is 0.908. The highest BCUT2D eigenvalue weighted by molar-refractivity contribution is 5.95. The molecule has 0 bridgehead atoms. The normalized spacial score (nSPS) is 15.4. The van der Waals surface area contributed by atoms with Crippen LogP contribution < -0.4 is 5.32 Å². The van der Waals surface area contributed by atoms with Crippen molar-refractivity contribution >= 4 is 11.8 Å². The zero-order chi connectivity index (χ0) is 16.2. The van der Waals surface area contributed by atoms with Gasteiger partial charge in [0.05, 0.1) is 6.26 Å². The van der Waals surface area contributed by atoms with Gasteiger partial charge in [0.15, 0.2) is 5.76 Å². The van der Waals surface area contributed by atoms with E-state index >= 15 is 0 Å². The van der Waals surface area contributed by atoms with Crippen LogP contribution in [-0.2, 0) is 0 Å². The molecule has 0 radical (unpaired) electrons. The first-order valence-electron chi connectivity index (χ1n) is 7.56. The molecule has 1 fully saturated rings. The second-order valence-corrected chi connectivity index (χ2v) is 5.57. The number of rotatable bonds is 3. The summed E-state index contributed by atoms with van der Waals surface area (Å²) in [5, 5.41) is 12.4. The van der Waals surface area contributed by atoms with Gasteiger partial charge in [-0.2, -0.15) is 0 Å². The number of furan rings is 1. The predicted octanol–water partition coefficient (Wildman–Crippen LogP) is 2.02. The van der Waals surface area contributed by atoms with Gasteiger partial charge in [0.1, 0.15) is 5.75 Å². The first kappa shape index (κ1) is 15.1. The molecule has 23 heavy (non-hydrogen) atoms. The van der Waals surface area contributed by atoms with Crippen LogP contribution in [0, 0.1) is 0 Å². The highest BCUT2D eigenvalue weighted by Crippen LogP contribution is 2.16. The zero-order valence-electron chi connectivity index (χ0n) is 12.6. The molecule has 6 nitrogen and oxygen atoms in total. The molecular weight excluding hydrogens is 296 g/mol. The number of likely N-dealkylation sites (tertiary alicyclic amines) is 1. The Kier molecular flexibility index (Phi) is 4.32. The molecule has 2 heterocycles. The van der Waals surface area contributed by atoms with Gasteiger partial charge >= 0.3 is 0 Å². The molecule has 1 aliphatic heterocycles. The summed E-state index contributed by atoms with van der Waals surface area (Å²) in [5.41, 5.74) is 0.430. The van der Waals surface area contributed by atoms with Gasteiger partial charge in [0, 0.05) is 24.7 Å². The van der Waals surface area contributed by atoms with Crippen molar-refractivity contribution in [3.05, 3.63) is 54.0 Å². The molecule has 0 atom stereocenters. The van der Waals surface area contributed by atoms with E-state index in [4.69, 9.17) is 4.42 Å². The van der Waals surface area contributed by atoms with Crippen molar-refractivity contribution in [1.29, 1.82) is 0 Å². The molecule has 1 aliphatic rings. The Morgan fingerprint density at radius 3 is 2.61 bits per heavy atom. The minimum absolute atomic E-state index is 0.0190. The summed E-state index contributed by atoms with van der Waals surface area (Å²) in [6.07, 6.45) is 2.86. The van der Waals surface area contributed by atoms with Crippen LogP contribution in [0.1, 0.15) is 33.8 Å². The number of carbonyl (C=O) groups is 2. The molecule has 2 amide bonds. The Morgan fingerprint density at radius 1 is 1.17 bits per heavy atom. The Morgan fingerprint density at radius 2 is 1.96 bits per heavy atom. The number of phenols is 1. The maximum Gasteiger partial charge on any atom is 0.289 e. The molecule has 2 N–H and O–H groups in total. The Hall–Kier alpha value is -2.76. The van der Waals surface area contributed by atoms with Crippen molar-refractivity contribution in [2.24, 2.45) is 0 Å². The average molecular weight is 314 g/mol. The minimum Gasteiger partial charge on any atom is -0.508 e. The third-order valence-electron chi connectivity index (χ3n) is 3.96. The van der Waals surface area contributed by atoms with Crippen molar-refractivity contribution in [3.63, 3.8) is 0 Å². The highest BCUT2D eigenvalue weighted by Gasteiger charge is 2.26. The molecule has 0 aliphatic carbocycles. The molecule has 3 rings (SSSR count). The number of amides is 2. The lowest BCUT2D eigenvalue weighted by molar-refractivity contribution is 0.0667. The van der Waals surface area contributed by atoms with Crippen LogP contribution in [0.5, 0.6) is 5.75 Å². The molecule has 0 spiro atoms. The van der Waals surface area contributed by atoms with E-state index in [0.29, 0.717) is 37.3 Å². The summed E-state index contributed by atoms with van der Waals surface area (Å²) in [6, 6.07) is 9.61. The van der Waals surface area contributed by atoms with Crippen molar-refractivity contribution in [3.8, 4) is 5.75 Å². The van der Waals surface area contributed by atoms with Crippen LogP contribution in [0.15, 0.2) is 47.1 Å². The molecular formula is C17H18N2O4. The topological polar surface area (TPSA) is 82.8 Å². The van der Waals surface area contributed by atoms with Gasteiger partial charge in [-0.05, 0) is 43.2 Å². The van der Waals surface area contributed by atoms with Crippen LogP contribution in [0.4, 0.5) is 0 Å². The van der Waals surface area contributed by atoms with E-state index in [9.17, 15) is 14.7 Å². The van der Waals surface area contributed by atoms with Crippen LogP contribution in [0.3, 0.4) is 0 Å². The average Bonchev–Trinajstić information content (AvgIpc) is 3.09. The summed E-state index contributed by atoms with van der Waals surface area (Å²) < 4.78 is 5.12. The molecule has 0 saturated carbocycles. The van der Waals surface area contributed by atoms with Crippen LogP contribution in [0.25, 0.3) is 0 Å². The Labute approximate surface area is 133 Å². The third-order valence-corrected chi connectivity index (χ3v) is 3.96. The summed E-state index contributed by atoms with van der Waals surface area (Å²) in [5.74, 6) is 0.0771. The van der Waals surface area contributed by atoms with Crippen molar-refractivity contribution < 1.29 is 19.1 Å². The number of hydrogen-bond donors (Lipinski definition) is 2. The van der Waals surface area contributed by atoms with E-state index in [1.807, 2.05) is 0 Å². The number of aromatic hydroxyl groups is 1. The fourth-order valence-corrected chi connectivity index (χ4v) is 2.70. The molecule has 1 aromatic carbocycles. The molecule has 6 heteroatoms. The van der Waals surface area contributed by atoms with E-state index in [1.54, 1.807) is 29.2 Å². The lowest BCUT2D eigenvalue weighted by Gasteiger charge is -2.31. The summed E-state index contributed by atoms with van der Waals surface area (Å²) in [4.78, 5) is 26.0. The number of piperidine rings is 1. The molecule has 1 saturated heterocycles. The monoisotopic (exact) mass is 314 g/mol. The minimum atomic E-state index is -0.211.